The van der Waals surface area contributed by atoms with Crippen molar-refractivity contribution in [1.82, 2.24) is 19.2 Å². The molecular formula is C11H20N4O2S. The summed E-state index contributed by atoms with van der Waals surface area (Å²) in [6.07, 6.45) is 3.24. The van der Waals surface area contributed by atoms with Crippen LogP contribution in [0.15, 0.2) is 11.2 Å². The Kier molecular flexibility index (Phi) is 3.74. The summed E-state index contributed by atoms with van der Waals surface area (Å²) >= 11 is 0. The van der Waals surface area contributed by atoms with E-state index >= 15 is 0 Å². The molecule has 1 unspecified atom stereocenters. The number of H-pyrrole nitrogens is 1. The Morgan fingerprint density at radius 2 is 2.28 bits per heavy atom. The van der Waals surface area contributed by atoms with E-state index in [0.717, 1.165) is 19.4 Å². The minimum Gasteiger partial charge on any atom is -0.332 e. The Morgan fingerprint density at radius 1 is 1.56 bits per heavy atom. The lowest BCUT2D eigenvalue weighted by atomic mass is 10.2. The fourth-order valence-electron chi connectivity index (χ4n) is 2.39. The first-order valence-electron chi connectivity index (χ1n) is 6.09. The van der Waals surface area contributed by atoms with Gasteiger partial charge in [-0.25, -0.2) is 13.4 Å². The molecule has 1 aromatic rings. The van der Waals surface area contributed by atoms with E-state index in [4.69, 9.17) is 0 Å². The highest BCUT2D eigenvalue weighted by Crippen LogP contribution is 2.25. The maximum absolute atomic E-state index is 12.5. The summed E-state index contributed by atoms with van der Waals surface area (Å²) in [6.45, 7) is 3.10. The third-order valence-corrected chi connectivity index (χ3v) is 5.03. The Bertz CT molecular complexity index is 509. The quantitative estimate of drug-likeness (QED) is 0.863. The van der Waals surface area contributed by atoms with Crippen LogP contribution in [0.3, 0.4) is 0 Å². The Balaban J connectivity index is 2.24. The molecule has 1 fully saturated rings. The van der Waals surface area contributed by atoms with Crippen molar-refractivity contribution in [2.24, 2.45) is 0 Å². The number of imidazole rings is 1. The van der Waals surface area contributed by atoms with Gasteiger partial charge in [0.15, 0.2) is 5.03 Å². The number of nitrogens with one attached hydrogen (secondary N) is 1. The van der Waals surface area contributed by atoms with Crippen LogP contribution in [0.25, 0.3) is 0 Å². The van der Waals surface area contributed by atoms with Crippen LogP contribution in [0, 0.1) is 6.92 Å². The van der Waals surface area contributed by atoms with Crippen molar-refractivity contribution in [3.05, 3.63) is 12.0 Å². The maximum Gasteiger partial charge on any atom is 0.260 e. The molecule has 7 heteroatoms. The average Bonchev–Trinajstić information content (AvgIpc) is 2.86. The van der Waals surface area contributed by atoms with E-state index < -0.39 is 10.0 Å². The Labute approximate surface area is 108 Å². The van der Waals surface area contributed by atoms with Crippen LogP contribution in [0.1, 0.15) is 18.7 Å². The number of nitrogens with zero attached hydrogens (tertiary/aromatic N) is 3. The van der Waals surface area contributed by atoms with Gasteiger partial charge in [0.05, 0.1) is 6.20 Å². The Morgan fingerprint density at radius 3 is 2.83 bits per heavy atom. The number of sulfonamides is 1. The number of aromatic nitrogens is 2. The normalized spacial score (nSPS) is 21.9. The lowest BCUT2D eigenvalue weighted by Crippen LogP contribution is -2.41. The fraction of sp³-hybridized carbons (Fsp3) is 0.727. The molecule has 18 heavy (non-hydrogen) atoms. The maximum atomic E-state index is 12.5. The second-order valence-corrected chi connectivity index (χ2v) is 6.87. The summed E-state index contributed by atoms with van der Waals surface area (Å²) in [5.74, 6) is 0.622. The van der Waals surface area contributed by atoms with Crippen LogP contribution >= 0.6 is 0 Å². The van der Waals surface area contributed by atoms with E-state index in [9.17, 15) is 8.42 Å². The van der Waals surface area contributed by atoms with Gasteiger partial charge in [-0.3, -0.25) is 0 Å². The lowest BCUT2D eigenvalue weighted by Gasteiger charge is -2.25. The molecule has 0 bridgehead atoms. The summed E-state index contributed by atoms with van der Waals surface area (Å²) in [5.41, 5.74) is 0. The lowest BCUT2D eigenvalue weighted by molar-refractivity contribution is 0.291. The zero-order valence-corrected chi connectivity index (χ0v) is 11.9. The SMILES string of the molecule is Cc1ncc(S(=O)(=O)N2CCCC2CN(C)C)[nH]1. The van der Waals surface area contributed by atoms with Crippen molar-refractivity contribution < 1.29 is 8.42 Å². The second kappa shape index (κ2) is 4.99. The summed E-state index contributed by atoms with van der Waals surface area (Å²) in [6, 6.07) is 0.0635. The van der Waals surface area contributed by atoms with Crippen molar-refractivity contribution in [2.45, 2.75) is 30.8 Å². The highest BCUT2D eigenvalue weighted by molar-refractivity contribution is 7.89. The molecule has 0 saturated carbocycles. The van der Waals surface area contributed by atoms with E-state index in [1.54, 1.807) is 11.2 Å². The van der Waals surface area contributed by atoms with Gasteiger partial charge in [-0.1, -0.05) is 0 Å². The molecule has 1 aromatic heterocycles. The van der Waals surface area contributed by atoms with Gasteiger partial charge in [-0.15, -0.1) is 0 Å². The highest BCUT2D eigenvalue weighted by atomic mass is 32.2. The first-order valence-corrected chi connectivity index (χ1v) is 7.53. The number of rotatable bonds is 4. The summed E-state index contributed by atoms with van der Waals surface area (Å²) in [7, 11) is 0.499. The number of hydrogen-bond acceptors (Lipinski definition) is 4. The van der Waals surface area contributed by atoms with Gasteiger partial charge >= 0.3 is 0 Å². The van der Waals surface area contributed by atoms with Crippen LogP contribution < -0.4 is 0 Å². The number of likely N-dealkylation sites (N-methyl/N-ethyl adjacent to an activating group) is 1. The summed E-state index contributed by atoms with van der Waals surface area (Å²) < 4.78 is 26.5. The van der Waals surface area contributed by atoms with Gasteiger partial charge in [0.2, 0.25) is 0 Å². The molecule has 0 amide bonds. The van der Waals surface area contributed by atoms with Gasteiger partial charge < -0.3 is 9.88 Å². The molecule has 1 saturated heterocycles. The molecule has 0 aliphatic carbocycles. The van der Waals surface area contributed by atoms with E-state index in [-0.39, 0.29) is 11.1 Å². The zero-order valence-electron chi connectivity index (χ0n) is 11.0. The van der Waals surface area contributed by atoms with Crippen LogP contribution in [0.4, 0.5) is 0 Å². The third kappa shape index (κ3) is 2.57. The molecule has 0 spiro atoms. The molecule has 6 nitrogen and oxygen atoms in total. The number of hydrogen-bond donors (Lipinski definition) is 1. The van der Waals surface area contributed by atoms with Gasteiger partial charge in [0.25, 0.3) is 10.0 Å². The minimum atomic E-state index is -3.42. The van der Waals surface area contributed by atoms with Gasteiger partial charge in [0.1, 0.15) is 5.82 Å². The van der Waals surface area contributed by atoms with E-state index in [0.29, 0.717) is 12.4 Å². The minimum absolute atomic E-state index is 0.0635. The average molecular weight is 272 g/mol. The first-order chi connectivity index (χ1) is 8.41. The van der Waals surface area contributed by atoms with Gasteiger partial charge in [-0.05, 0) is 33.9 Å². The van der Waals surface area contributed by atoms with Crippen LogP contribution in [-0.4, -0.2) is 60.8 Å². The Hall–Kier alpha value is -0.920. The molecule has 0 aromatic carbocycles. The molecule has 1 atom stereocenters. The van der Waals surface area contributed by atoms with Gasteiger partial charge in [0, 0.05) is 19.1 Å². The van der Waals surface area contributed by atoms with Crippen molar-refractivity contribution in [3.8, 4) is 0 Å². The zero-order chi connectivity index (χ0) is 13.3. The fourth-order valence-corrected chi connectivity index (χ4v) is 4.03. The highest BCUT2D eigenvalue weighted by Gasteiger charge is 2.36. The predicted molar refractivity (Wildman–Crippen MR) is 68.8 cm³/mol. The van der Waals surface area contributed by atoms with Gasteiger partial charge in [-0.2, -0.15) is 4.31 Å². The molecule has 2 heterocycles. The predicted octanol–water partition coefficient (Wildman–Crippen LogP) is 0.433. The molecule has 0 radical (unpaired) electrons. The van der Waals surface area contributed by atoms with E-state index in [1.807, 2.05) is 19.0 Å². The molecule has 102 valence electrons. The van der Waals surface area contributed by atoms with Crippen LogP contribution in [0.5, 0.6) is 0 Å². The molecular weight excluding hydrogens is 252 g/mol. The summed E-state index contributed by atoms with van der Waals surface area (Å²) in [4.78, 5) is 8.81. The molecule has 2 rings (SSSR count). The molecule has 1 N–H and O–H groups in total. The standard InChI is InChI=1S/C11H20N4O2S/c1-9-12-7-11(13-9)18(16,17)15-6-4-5-10(15)8-14(2)3/h7,10H,4-6,8H2,1-3H3,(H,12,13). The number of aryl methyl sites for hydroxylation is 1. The van der Waals surface area contributed by atoms with Crippen LogP contribution in [0.2, 0.25) is 0 Å². The smallest absolute Gasteiger partial charge is 0.260 e. The second-order valence-electron chi connectivity index (χ2n) is 5.01. The largest absolute Gasteiger partial charge is 0.332 e. The van der Waals surface area contributed by atoms with Crippen molar-refractivity contribution in [3.63, 3.8) is 0 Å². The van der Waals surface area contributed by atoms with Crippen molar-refractivity contribution in [2.75, 3.05) is 27.2 Å². The monoisotopic (exact) mass is 272 g/mol. The van der Waals surface area contributed by atoms with Crippen molar-refractivity contribution in [1.29, 1.82) is 0 Å². The number of aromatic amines is 1. The molecule has 1 aliphatic rings. The third-order valence-electron chi connectivity index (χ3n) is 3.17. The van der Waals surface area contributed by atoms with E-state index in [1.165, 1.54) is 6.20 Å². The van der Waals surface area contributed by atoms with Crippen LogP contribution in [-0.2, 0) is 10.0 Å². The first kappa shape index (κ1) is 13.5. The van der Waals surface area contributed by atoms with E-state index in [2.05, 4.69) is 9.97 Å². The topological polar surface area (TPSA) is 69.3 Å². The van der Waals surface area contributed by atoms with Crippen molar-refractivity contribution >= 4 is 10.0 Å². The summed E-state index contributed by atoms with van der Waals surface area (Å²) in [5, 5.41) is 0.200. The molecule has 1 aliphatic heterocycles.